The van der Waals surface area contributed by atoms with E-state index in [2.05, 4.69) is 6.92 Å². The van der Waals surface area contributed by atoms with E-state index in [1.807, 2.05) is 15.9 Å². The predicted molar refractivity (Wildman–Crippen MR) is 144 cm³/mol. The van der Waals surface area contributed by atoms with Crippen LogP contribution in [0.25, 0.3) is 0 Å². The second-order valence-corrected chi connectivity index (χ2v) is 10.6. The van der Waals surface area contributed by atoms with Crippen LogP contribution in [0.4, 0.5) is 0 Å². The number of fused-ring (bicyclic) bond motifs is 1. The molecule has 3 aliphatic rings. The van der Waals surface area contributed by atoms with Gasteiger partial charge in [0.05, 0.1) is 19.6 Å². The molecule has 3 N–H and O–H groups in total. The van der Waals surface area contributed by atoms with Crippen LogP contribution in [0.3, 0.4) is 0 Å². The molecule has 0 aromatic heterocycles. The van der Waals surface area contributed by atoms with Gasteiger partial charge in [0.25, 0.3) is 0 Å². The van der Waals surface area contributed by atoms with Gasteiger partial charge in [0.2, 0.25) is 24.4 Å². The second kappa shape index (κ2) is 13.3. The number of likely N-dealkylation sites (tertiary alicyclic amines) is 2. The van der Waals surface area contributed by atoms with Crippen LogP contribution >= 0.6 is 0 Å². The van der Waals surface area contributed by atoms with Crippen LogP contribution < -0.4 is 19.9 Å². The number of rotatable bonds is 14. The zero-order chi connectivity index (χ0) is 27.9. The molecule has 4 rings (SSSR count). The van der Waals surface area contributed by atoms with Crippen molar-refractivity contribution in [2.24, 2.45) is 11.7 Å². The Kier molecular flexibility index (Phi) is 9.90. The molecule has 11 nitrogen and oxygen atoms in total. The van der Waals surface area contributed by atoms with E-state index in [-0.39, 0.29) is 31.7 Å². The number of ether oxygens (including phenoxy) is 3. The highest BCUT2D eigenvalue weighted by molar-refractivity contribution is 5.80. The topological polar surface area (TPSA) is 135 Å². The summed E-state index contributed by atoms with van der Waals surface area (Å²) in [7, 11) is 1.53. The first-order valence-electron chi connectivity index (χ1n) is 14.1. The van der Waals surface area contributed by atoms with E-state index in [9.17, 15) is 19.5 Å². The number of carboxylic acids is 1. The Labute approximate surface area is 230 Å². The molecule has 0 bridgehead atoms. The Balaban J connectivity index is 1.63. The molecule has 0 aliphatic carbocycles. The molecular weight excluding hydrogens is 504 g/mol. The van der Waals surface area contributed by atoms with Crippen molar-refractivity contribution in [3.8, 4) is 17.2 Å². The van der Waals surface area contributed by atoms with Gasteiger partial charge >= 0.3 is 5.97 Å². The summed E-state index contributed by atoms with van der Waals surface area (Å²) in [6.07, 6.45) is 4.77. The van der Waals surface area contributed by atoms with Crippen LogP contribution in [0.5, 0.6) is 17.2 Å². The lowest BCUT2D eigenvalue weighted by Crippen LogP contribution is -2.49. The Morgan fingerprint density at radius 1 is 1.21 bits per heavy atom. The minimum atomic E-state index is -0.950. The molecule has 11 heteroatoms. The summed E-state index contributed by atoms with van der Waals surface area (Å²) >= 11 is 0. The number of benzene rings is 1. The molecular formula is C28H42N4O7. The SMILES string of the molecule is CCCCN(CCCCN)C(=O)CN1C[C@H](c2cc(OC)c3c(c2)OCO3)[C@@H](C(=O)O)[C@@H]1CN1CCCC1=O. The van der Waals surface area contributed by atoms with Gasteiger partial charge in [0.1, 0.15) is 0 Å². The maximum atomic E-state index is 13.6. The molecule has 1 aromatic rings. The van der Waals surface area contributed by atoms with Crippen molar-refractivity contribution < 1.29 is 33.7 Å². The number of carbonyl (C=O) groups is 3. The summed E-state index contributed by atoms with van der Waals surface area (Å²) in [6, 6.07) is 3.11. The molecule has 3 heterocycles. The van der Waals surface area contributed by atoms with Crippen LogP contribution in [0, 0.1) is 5.92 Å². The molecule has 0 spiro atoms. The van der Waals surface area contributed by atoms with Crippen molar-refractivity contribution in [3.05, 3.63) is 17.7 Å². The molecule has 1 aromatic carbocycles. The molecule has 39 heavy (non-hydrogen) atoms. The number of hydrogen-bond acceptors (Lipinski definition) is 8. The fourth-order valence-electron chi connectivity index (χ4n) is 5.97. The highest BCUT2D eigenvalue weighted by Crippen LogP contribution is 2.47. The molecule has 216 valence electrons. The molecule has 3 aliphatic heterocycles. The summed E-state index contributed by atoms with van der Waals surface area (Å²) in [5.41, 5.74) is 6.43. The molecule has 0 saturated carbocycles. The monoisotopic (exact) mass is 546 g/mol. The van der Waals surface area contributed by atoms with Gasteiger partial charge in [-0.05, 0) is 49.9 Å². The van der Waals surface area contributed by atoms with Crippen molar-refractivity contribution in [3.63, 3.8) is 0 Å². The average molecular weight is 547 g/mol. The number of methoxy groups -OCH3 is 1. The van der Waals surface area contributed by atoms with Gasteiger partial charge in [-0.1, -0.05) is 13.3 Å². The average Bonchev–Trinajstić information content (AvgIpc) is 3.65. The lowest BCUT2D eigenvalue weighted by atomic mass is 9.84. The number of nitrogens with two attached hydrogens (primary N) is 1. The quantitative estimate of drug-likeness (QED) is 0.335. The largest absolute Gasteiger partial charge is 0.493 e. The Morgan fingerprint density at radius 3 is 2.67 bits per heavy atom. The van der Waals surface area contributed by atoms with Gasteiger partial charge in [-0.25, -0.2) is 0 Å². The van der Waals surface area contributed by atoms with Gasteiger partial charge < -0.3 is 34.9 Å². The number of unbranched alkanes of at least 4 members (excludes halogenated alkanes) is 2. The summed E-state index contributed by atoms with van der Waals surface area (Å²) in [4.78, 5) is 44.5. The standard InChI is InChI=1S/C28H42N4O7/c1-3-4-10-30(11-6-5-9-29)25(34)17-32-15-20(19-13-22(37-2)27-23(14-19)38-18-39-27)26(28(35)36)21(32)16-31-12-7-8-24(31)33/h13-14,20-21,26H,3-12,15-18,29H2,1-2H3,(H,35,36)/t20-,21+,26-/m1/s1. The molecule has 2 fully saturated rings. The first kappa shape index (κ1) is 28.9. The van der Waals surface area contributed by atoms with Crippen LogP contribution in [-0.2, 0) is 14.4 Å². The molecule has 2 saturated heterocycles. The van der Waals surface area contributed by atoms with E-state index in [0.29, 0.717) is 56.4 Å². The maximum absolute atomic E-state index is 13.6. The molecule has 0 unspecified atom stereocenters. The minimum absolute atomic E-state index is 0.0220. The van der Waals surface area contributed by atoms with Crippen LogP contribution in [-0.4, -0.2) is 103 Å². The number of hydrogen-bond donors (Lipinski definition) is 2. The van der Waals surface area contributed by atoms with Gasteiger partial charge in [-0.2, -0.15) is 0 Å². The van der Waals surface area contributed by atoms with Crippen molar-refractivity contribution >= 4 is 17.8 Å². The first-order chi connectivity index (χ1) is 18.9. The summed E-state index contributed by atoms with van der Waals surface area (Å²) < 4.78 is 16.7. The van der Waals surface area contributed by atoms with Crippen molar-refractivity contribution in [2.75, 3.05) is 59.7 Å². The molecule has 0 radical (unpaired) electrons. The van der Waals surface area contributed by atoms with Crippen LogP contribution in [0.15, 0.2) is 12.1 Å². The zero-order valence-corrected chi connectivity index (χ0v) is 23.1. The summed E-state index contributed by atoms with van der Waals surface area (Å²) in [5, 5.41) is 10.5. The Hall–Kier alpha value is -3.05. The third-order valence-corrected chi connectivity index (χ3v) is 8.08. The van der Waals surface area contributed by atoms with E-state index in [4.69, 9.17) is 19.9 Å². The highest BCUT2D eigenvalue weighted by Gasteiger charge is 2.49. The van der Waals surface area contributed by atoms with Crippen LogP contribution in [0.2, 0.25) is 0 Å². The number of nitrogens with zero attached hydrogens (tertiary/aromatic N) is 3. The van der Waals surface area contributed by atoms with Crippen molar-refractivity contribution in [1.82, 2.24) is 14.7 Å². The van der Waals surface area contributed by atoms with E-state index in [1.165, 1.54) is 7.11 Å². The van der Waals surface area contributed by atoms with Gasteiger partial charge in [-0.15, -0.1) is 0 Å². The fourth-order valence-corrected chi connectivity index (χ4v) is 5.97. The smallest absolute Gasteiger partial charge is 0.308 e. The maximum Gasteiger partial charge on any atom is 0.308 e. The Morgan fingerprint density at radius 2 is 2.00 bits per heavy atom. The normalized spacial score (nSPS) is 22.5. The molecule has 3 atom stereocenters. The summed E-state index contributed by atoms with van der Waals surface area (Å²) in [6.45, 7) is 5.38. The van der Waals surface area contributed by atoms with E-state index in [0.717, 1.165) is 37.7 Å². The number of aliphatic carboxylic acids is 1. The highest BCUT2D eigenvalue weighted by atomic mass is 16.7. The third-order valence-electron chi connectivity index (χ3n) is 8.08. The first-order valence-corrected chi connectivity index (χ1v) is 14.1. The fraction of sp³-hybridized carbons (Fsp3) is 0.679. The van der Waals surface area contributed by atoms with Crippen molar-refractivity contribution in [1.29, 1.82) is 0 Å². The lowest BCUT2D eigenvalue weighted by molar-refractivity contribution is -0.144. The summed E-state index contributed by atoms with van der Waals surface area (Å²) in [5.74, 6) is -0.692. The van der Waals surface area contributed by atoms with E-state index in [1.54, 1.807) is 11.0 Å². The van der Waals surface area contributed by atoms with E-state index >= 15 is 0 Å². The molecule has 2 amide bonds. The lowest BCUT2D eigenvalue weighted by Gasteiger charge is -2.32. The number of carboxylic acid groups (broad SMARTS) is 1. The minimum Gasteiger partial charge on any atom is -0.493 e. The van der Waals surface area contributed by atoms with Gasteiger partial charge in [-0.3, -0.25) is 19.3 Å². The predicted octanol–water partition coefficient (Wildman–Crippen LogP) is 1.88. The van der Waals surface area contributed by atoms with Gasteiger partial charge in [0.15, 0.2) is 11.5 Å². The van der Waals surface area contributed by atoms with Gasteiger partial charge in [0, 0.05) is 51.1 Å². The number of amides is 2. The van der Waals surface area contributed by atoms with E-state index < -0.39 is 23.8 Å². The Bertz CT molecular complexity index is 1040. The zero-order valence-electron chi connectivity index (χ0n) is 23.1. The number of carbonyl (C=O) groups excluding carboxylic acids is 2. The second-order valence-electron chi connectivity index (χ2n) is 10.6. The third kappa shape index (κ3) is 6.58. The van der Waals surface area contributed by atoms with Crippen LogP contribution in [0.1, 0.15) is 56.9 Å². The van der Waals surface area contributed by atoms with Crippen molar-refractivity contribution in [2.45, 2.75) is 57.4 Å².